The molecule has 1 atom stereocenters. The van der Waals surface area contributed by atoms with Gasteiger partial charge < -0.3 is 4.74 Å². The predicted molar refractivity (Wildman–Crippen MR) is 50.0 cm³/mol. The third kappa shape index (κ3) is 1.00. The summed E-state index contributed by atoms with van der Waals surface area (Å²) < 4.78 is 5.52. The smallest absolute Gasteiger partial charge is 0.123 e. The number of ether oxygens (including phenoxy) is 1. The summed E-state index contributed by atoms with van der Waals surface area (Å²) in [6, 6.07) is 8.09. The van der Waals surface area contributed by atoms with E-state index in [1.165, 1.54) is 5.56 Å². The van der Waals surface area contributed by atoms with Crippen LogP contribution in [0, 0.1) is 0 Å². The molecule has 0 spiro atoms. The maximum absolute atomic E-state index is 5.90. The highest BCUT2D eigenvalue weighted by Gasteiger charge is 2.34. The van der Waals surface area contributed by atoms with E-state index in [4.69, 9.17) is 16.3 Å². The third-order valence-electron chi connectivity index (χ3n) is 2.38. The van der Waals surface area contributed by atoms with E-state index in [1.807, 2.05) is 18.2 Å². The standard InChI is InChI=1S/C10H11ClO/c1-10(6-11)7-12-9-5-3-2-4-8(9)10/h2-5H,6-7H2,1H3/t10-/m0/s1. The molecule has 0 N–H and O–H groups in total. The quantitative estimate of drug-likeness (QED) is 0.607. The fourth-order valence-electron chi connectivity index (χ4n) is 1.52. The molecule has 2 rings (SSSR count). The van der Waals surface area contributed by atoms with E-state index < -0.39 is 0 Å². The molecule has 64 valence electrons. The monoisotopic (exact) mass is 182 g/mol. The molecule has 0 saturated carbocycles. The van der Waals surface area contributed by atoms with E-state index in [1.54, 1.807) is 0 Å². The van der Waals surface area contributed by atoms with Gasteiger partial charge in [-0.25, -0.2) is 0 Å². The highest BCUT2D eigenvalue weighted by Crippen LogP contribution is 2.38. The van der Waals surface area contributed by atoms with Gasteiger partial charge in [0.25, 0.3) is 0 Å². The molecular formula is C10H11ClO. The molecule has 0 unspecified atom stereocenters. The van der Waals surface area contributed by atoms with Crippen LogP contribution in [0.3, 0.4) is 0 Å². The summed E-state index contributed by atoms with van der Waals surface area (Å²) >= 11 is 5.90. The average molecular weight is 183 g/mol. The number of alkyl halides is 1. The Hall–Kier alpha value is -0.690. The maximum atomic E-state index is 5.90. The third-order valence-corrected chi connectivity index (χ3v) is 2.97. The van der Waals surface area contributed by atoms with Gasteiger partial charge in [0.05, 0.1) is 6.61 Å². The van der Waals surface area contributed by atoms with Crippen molar-refractivity contribution in [3.05, 3.63) is 29.8 Å². The molecule has 0 amide bonds. The van der Waals surface area contributed by atoms with Crippen molar-refractivity contribution in [2.45, 2.75) is 12.3 Å². The number of hydrogen-bond acceptors (Lipinski definition) is 1. The van der Waals surface area contributed by atoms with E-state index >= 15 is 0 Å². The zero-order chi connectivity index (χ0) is 8.60. The molecular weight excluding hydrogens is 172 g/mol. The van der Waals surface area contributed by atoms with Gasteiger partial charge in [0, 0.05) is 16.9 Å². The lowest BCUT2D eigenvalue weighted by atomic mass is 9.87. The van der Waals surface area contributed by atoms with Crippen LogP contribution < -0.4 is 4.74 Å². The fourth-order valence-corrected chi connectivity index (χ4v) is 1.74. The maximum Gasteiger partial charge on any atom is 0.123 e. The molecule has 1 heterocycles. The molecule has 12 heavy (non-hydrogen) atoms. The van der Waals surface area contributed by atoms with E-state index in [-0.39, 0.29) is 5.41 Å². The number of hydrogen-bond donors (Lipinski definition) is 0. The molecule has 1 aliphatic heterocycles. The highest BCUT2D eigenvalue weighted by molar-refractivity contribution is 6.18. The number of rotatable bonds is 1. The van der Waals surface area contributed by atoms with Gasteiger partial charge in [0.1, 0.15) is 5.75 Å². The van der Waals surface area contributed by atoms with Crippen molar-refractivity contribution in [3.63, 3.8) is 0 Å². The Morgan fingerprint density at radius 1 is 1.50 bits per heavy atom. The SMILES string of the molecule is C[C@]1(CCl)COc2ccccc21. The second-order valence-electron chi connectivity index (χ2n) is 3.48. The Morgan fingerprint density at radius 2 is 2.25 bits per heavy atom. The Bertz CT molecular complexity index is 298. The lowest BCUT2D eigenvalue weighted by Crippen LogP contribution is -2.25. The summed E-state index contributed by atoms with van der Waals surface area (Å²) in [5, 5.41) is 0. The van der Waals surface area contributed by atoms with Crippen LogP contribution in [0.2, 0.25) is 0 Å². The van der Waals surface area contributed by atoms with Crippen LogP contribution in [0.1, 0.15) is 12.5 Å². The topological polar surface area (TPSA) is 9.23 Å². The highest BCUT2D eigenvalue weighted by atomic mass is 35.5. The molecule has 0 aromatic heterocycles. The molecule has 0 aliphatic carbocycles. The predicted octanol–water partition coefficient (Wildman–Crippen LogP) is 2.58. The van der Waals surface area contributed by atoms with Gasteiger partial charge >= 0.3 is 0 Å². The summed E-state index contributed by atoms with van der Waals surface area (Å²) in [5.41, 5.74) is 1.25. The van der Waals surface area contributed by atoms with Crippen molar-refractivity contribution in [1.29, 1.82) is 0 Å². The van der Waals surface area contributed by atoms with Gasteiger partial charge in [-0.2, -0.15) is 0 Å². The normalized spacial score (nSPS) is 26.5. The summed E-state index contributed by atoms with van der Waals surface area (Å²) in [6.45, 7) is 2.84. The van der Waals surface area contributed by atoms with Crippen molar-refractivity contribution in [2.24, 2.45) is 0 Å². The van der Waals surface area contributed by atoms with Crippen LogP contribution in [0.15, 0.2) is 24.3 Å². The summed E-state index contributed by atoms with van der Waals surface area (Å²) in [5.74, 6) is 1.60. The number of benzene rings is 1. The summed E-state index contributed by atoms with van der Waals surface area (Å²) in [7, 11) is 0. The van der Waals surface area contributed by atoms with Crippen molar-refractivity contribution < 1.29 is 4.74 Å². The van der Waals surface area contributed by atoms with Crippen molar-refractivity contribution in [3.8, 4) is 5.75 Å². The van der Waals surface area contributed by atoms with E-state index in [0.717, 1.165) is 5.75 Å². The summed E-state index contributed by atoms with van der Waals surface area (Å²) in [6.07, 6.45) is 0. The molecule has 2 heteroatoms. The summed E-state index contributed by atoms with van der Waals surface area (Å²) in [4.78, 5) is 0. The van der Waals surface area contributed by atoms with Crippen LogP contribution >= 0.6 is 11.6 Å². The van der Waals surface area contributed by atoms with E-state index in [0.29, 0.717) is 12.5 Å². The lowest BCUT2D eigenvalue weighted by Gasteiger charge is -2.18. The molecule has 1 aromatic carbocycles. The Morgan fingerprint density at radius 3 is 3.00 bits per heavy atom. The van der Waals surface area contributed by atoms with Gasteiger partial charge in [-0.1, -0.05) is 25.1 Å². The number of fused-ring (bicyclic) bond motifs is 1. The first kappa shape index (κ1) is 7.93. The first-order valence-corrected chi connectivity index (χ1v) is 4.58. The van der Waals surface area contributed by atoms with Crippen LogP contribution in [0.5, 0.6) is 5.75 Å². The first-order chi connectivity index (χ1) is 5.76. The zero-order valence-corrected chi connectivity index (χ0v) is 7.77. The number of halogens is 1. The molecule has 0 fully saturated rings. The largest absolute Gasteiger partial charge is 0.492 e. The van der Waals surface area contributed by atoms with Crippen molar-refractivity contribution >= 4 is 11.6 Å². The lowest BCUT2D eigenvalue weighted by molar-refractivity contribution is 0.293. The fraction of sp³-hybridized carbons (Fsp3) is 0.400. The van der Waals surface area contributed by atoms with Crippen molar-refractivity contribution in [2.75, 3.05) is 12.5 Å². The Balaban J connectivity index is 2.49. The van der Waals surface area contributed by atoms with Crippen molar-refractivity contribution in [1.82, 2.24) is 0 Å². The average Bonchev–Trinajstić information content (AvgIpc) is 2.46. The van der Waals surface area contributed by atoms with Gasteiger partial charge in [0.2, 0.25) is 0 Å². The second kappa shape index (κ2) is 2.67. The molecule has 0 saturated heterocycles. The van der Waals surface area contributed by atoms with Gasteiger partial charge in [-0.3, -0.25) is 0 Å². The first-order valence-electron chi connectivity index (χ1n) is 4.04. The van der Waals surface area contributed by atoms with Crippen LogP contribution in [0.25, 0.3) is 0 Å². The molecule has 1 nitrogen and oxygen atoms in total. The van der Waals surface area contributed by atoms with Crippen LogP contribution in [-0.2, 0) is 5.41 Å². The van der Waals surface area contributed by atoms with Gasteiger partial charge in [0.15, 0.2) is 0 Å². The zero-order valence-electron chi connectivity index (χ0n) is 7.01. The minimum atomic E-state index is 0.0121. The van der Waals surface area contributed by atoms with Crippen LogP contribution in [0.4, 0.5) is 0 Å². The van der Waals surface area contributed by atoms with Gasteiger partial charge in [-0.05, 0) is 6.07 Å². The molecule has 1 aromatic rings. The van der Waals surface area contributed by atoms with Crippen LogP contribution in [-0.4, -0.2) is 12.5 Å². The molecule has 0 bridgehead atoms. The molecule has 0 radical (unpaired) electrons. The molecule has 1 aliphatic rings. The Kier molecular flexibility index (Phi) is 1.76. The van der Waals surface area contributed by atoms with Gasteiger partial charge in [-0.15, -0.1) is 11.6 Å². The van der Waals surface area contributed by atoms with E-state index in [2.05, 4.69) is 13.0 Å². The minimum absolute atomic E-state index is 0.0121. The second-order valence-corrected chi connectivity index (χ2v) is 3.75. The van der Waals surface area contributed by atoms with E-state index in [9.17, 15) is 0 Å². The Labute approximate surface area is 77.3 Å². The number of para-hydroxylation sites is 1. The minimum Gasteiger partial charge on any atom is -0.492 e.